The van der Waals surface area contributed by atoms with Crippen LogP contribution < -0.4 is 4.74 Å². The number of pyridine rings is 1. The molecule has 4 rings (SSSR count). The van der Waals surface area contributed by atoms with Crippen LogP contribution in [-0.4, -0.2) is 34.0 Å². The maximum atomic E-state index is 9.76. The number of benzene rings is 2. The lowest BCUT2D eigenvalue weighted by molar-refractivity contribution is 0.257. The van der Waals surface area contributed by atoms with Crippen LogP contribution in [-0.2, 0) is 0 Å². The Morgan fingerprint density at radius 1 is 1.07 bits per heavy atom. The minimum atomic E-state index is 0.460. The number of oxime groups is 1. The summed E-state index contributed by atoms with van der Waals surface area (Å²) in [6.07, 6.45) is 2.17. The summed E-state index contributed by atoms with van der Waals surface area (Å²) in [7, 11) is 0. The van der Waals surface area contributed by atoms with Gasteiger partial charge < -0.3 is 14.8 Å². The highest BCUT2D eigenvalue weighted by Gasteiger charge is 2.24. The Labute approximate surface area is 165 Å². The van der Waals surface area contributed by atoms with Crippen molar-refractivity contribution in [3.8, 4) is 11.6 Å². The molecule has 5 heteroatoms. The van der Waals surface area contributed by atoms with Gasteiger partial charge in [-0.05, 0) is 60.7 Å². The third-order valence-electron chi connectivity index (χ3n) is 5.35. The monoisotopic (exact) mass is 375 g/mol. The van der Waals surface area contributed by atoms with Crippen LogP contribution in [0.5, 0.6) is 11.6 Å². The fourth-order valence-electron chi connectivity index (χ4n) is 3.63. The van der Waals surface area contributed by atoms with Gasteiger partial charge in [-0.3, -0.25) is 0 Å². The molecule has 5 nitrogen and oxygen atoms in total. The molecule has 1 N–H and O–H groups in total. The van der Waals surface area contributed by atoms with Crippen molar-refractivity contribution in [1.29, 1.82) is 0 Å². The number of likely N-dealkylation sites (tertiary alicyclic amines) is 1. The summed E-state index contributed by atoms with van der Waals surface area (Å²) >= 11 is 0. The van der Waals surface area contributed by atoms with Gasteiger partial charge >= 0.3 is 0 Å². The zero-order valence-corrected chi connectivity index (χ0v) is 16.3. The van der Waals surface area contributed by atoms with Crippen molar-refractivity contribution >= 4 is 16.6 Å². The Morgan fingerprint density at radius 3 is 2.57 bits per heavy atom. The normalized spacial score (nSPS) is 15.8. The number of fused-ring (bicyclic) bond motifs is 1. The Balaban J connectivity index is 1.67. The SMILES string of the molecule is Cc1ccc(/C(=N/O)N2CCC(C)CC2)c(Oc2ccc3ccccc3c2)n1. The maximum absolute atomic E-state index is 9.76. The summed E-state index contributed by atoms with van der Waals surface area (Å²) in [5, 5.41) is 15.6. The molecular formula is C23H25N3O2. The minimum absolute atomic E-state index is 0.460. The van der Waals surface area contributed by atoms with E-state index in [-0.39, 0.29) is 0 Å². The highest BCUT2D eigenvalue weighted by Crippen LogP contribution is 2.29. The molecule has 0 spiro atoms. The van der Waals surface area contributed by atoms with E-state index in [0.717, 1.165) is 42.4 Å². The van der Waals surface area contributed by atoms with E-state index >= 15 is 0 Å². The molecule has 0 atom stereocenters. The molecule has 1 aliphatic heterocycles. The van der Waals surface area contributed by atoms with Crippen LogP contribution in [0.4, 0.5) is 0 Å². The molecule has 0 amide bonds. The van der Waals surface area contributed by atoms with E-state index < -0.39 is 0 Å². The van der Waals surface area contributed by atoms with Crippen molar-refractivity contribution in [2.24, 2.45) is 11.1 Å². The Hall–Kier alpha value is -3.08. The molecule has 3 aromatic rings. The van der Waals surface area contributed by atoms with Gasteiger partial charge in [0.1, 0.15) is 5.75 Å². The number of hydrogen-bond donors (Lipinski definition) is 1. The highest BCUT2D eigenvalue weighted by molar-refractivity contribution is 6.00. The third-order valence-corrected chi connectivity index (χ3v) is 5.35. The maximum Gasteiger partial charge on any atom is 0.230 e. The van der Waals surface area contributed by atoms with E-state index in [2.05, 4.69) is 34.1 Å². The molecule has 1 aliphatic rings. The second kappa shape index (κ2) is 7.89. The second-order valence-electron chi connectivity index (χ2n) is 7.51. The third kappa shape index (κ3) is 3.79. The van der Waals surface area contributed by atoms with Gasteiger partial charge in [-0.2, -0.15) is 0 Å². The molecule has 0 unspecified atom stereocenters. The molecule has 0 aliphatic carbocycles. The van der Waals surface area contributed by atoms with E-state index in [9.17, 15) is 5.21 Å². The Kier molecular flexibility index (Phi) is 5.15. The summed E-state index contributed by atoms with van der Waals surface area (Å²) in [6, 6.07) is 18.0. The summed E-state index contributed by atoms with van der Waals surface area (Å²) in [5.74, 6) is 2.39. The lowest BCUT2D eigenvalue weighted by Gasteiger charge is -2.32. The summed E-state index contributed by atoms with van der Waals surface area (Å²) in [5.41, 5.74) is 1.56. The fourth-order valence-corrected chi connectivity index (χ4v) is 3.63. The number of amidine groups is 1. The van der Waals surface area contributed by atoms with Crippen molar-refractivity contribution in [3.05, 3.63) is 65.9 Å². The quantitative estimate of drug-likeness (QED) is 0.296. The summed E-state index contributed by atoms with van der Waals surface area (Å²) in [6.45, 7) is 5.91. The first kappa shape index (κ1) is 18.3. The molecule has 28 heavy (non-hydrogen) atoms. The molecule has 0 bridgehead atoms. The lowest BCUT2D eigenvalue weighted by Crippen LogP contribution is -2.38. The van der Waals surface area contributed by atoms with E-state index in [1.54, 1.807) is 0 Å². The average molecular weight is 375 g/mol. The molecule has 0 radical (unpaired) electrons. The number of nitrogens with zero attached hydrogens (tertiary/aromatic N) is 3. The Morgan fingerprint density at radius 2 is 1.82 bits per heavy atom. The fraction of sp³-hybridized carbons (Fsp3) is 0.304. The van der Waals surface area contributed by atoms with Gasteiger partial charge in [0.05, 0.1) is 5.56 Å². The van der Waals surface area contributed by atoms with Crippen LogP contribution in [0.1, 0.15) is 31.0 Å². The number of rotatable bonds is 3. The summed E-state index contributed by atoms with van der Waals surface area (Å²) in [4.78, 5) is 6.70. The van der Waals surface area contributed by atoms with Crippen LogP contribution >= 0.6 is 0 Å². The van der Waals surface area contributed by atoms with Crippen LogP contribution in [0.25, 0.3) is 10.8 Å². The first-order chi connectivity index (χ1) is 13.6. The molecule has 1 saturated heterocycles. The minimum Gasteiger partial charge on any atom is -0.438 e. The molecule has 2 aromatic carbocycles. The zero-order valence-electron chi connectivity index (χ0n) is 16.3. The van der Waals surface area contributed by atoms with Crippen molar-refractivity contribution in [2.45, 2.75) is 26.7 Å². The first-order valence-corrected chi connectivity index (χ1v) is 9.76. The number of hydrogen-bond acceptors (Lipinski definition) is 4. The van der Waals surface area contributed by atoms with Crippen LogP contribution in [0, 0.1) is 12.8 Å². The van der Waals surface area contributed by atoms with E-state index in [4.69, 9.17) is 4.74 Å². The molecular weight excluding hydrogens is 350 g/mol. The number of aromatic nitrogens is 1. The zero-order chi connectivity index (χ0) is 19.5. The topological polar surface area (TPSA) is 58.0 Å². The standard InChI is InChI=1S/C23H25N3O2/c1-16-11-13-26(14-12-16)22(25-27)21-10-7-17(2)24-23(21)28-20-9-8-18-5-3-4-6-19(18)15-20/h3-10,15-16,27H,11-14H2,1-2H3/b25-22-. The summed E-state index contributed by atoms with van der Waals surface area (Å²) < 4.78 is 6.16. The van der Waals surface area contributed by atoms with Gasteiger partial charge in [0.25, 0.3) is 0 Å². The Bertz CT molecular complexity index is 1010. The van der Waals surface area contributed by atoms with Gasteiger partial charge in [0, 0.05) is 18.8 Å². The predicted octanol–water partition coefficient (Wildman–Crippen LogP) is 5.20. The number of piperidine rings is 1. The molecule has 1 aromatic heterocycles. The van der Waals surface area contributed by atoms with Gasteiger partial charge in [0.15, 0.2) is 5.84 Å². The van der Waals surface area contributed by atoms with E-state index in [1.807, 2.05) is 49.4 Å². The van der Waals surface area contributed by atoms with Gasteiger partial charge in [0.2, 0.25) is 5.88 Å². The smallest absolute Gasteiger partial charge is 0.230 e. The lowest BCUT2D eigenvalue weighted by atomic mass is 9.98. The number of ether oxygens (including phenoxy) is 1. The van der Waals surface area contributed by atoms with Crippen LogP contribution in [0.3, 0.4) is 0 Å². The van der Waals surface area contributed by atoms with E-state index in [1.165, 1.54) is 0 Å². The highest BCUT2D eigenvalue weighted by atomic mass is 16.5. The molecule has 0 saturated carbocycles. The number of aryl methyl sites for hydroxylation is 1. The van der Waals surface area contributed by atoms with Gasteiger partial charge in [-0.25, -0.2) is 4.98 Å². The van der Waals surface area contributed by atoms with E-state index in [0.29, 0.717) is 28.9 Å². The van der Waals surface area contributed by atoms with Crippen molar-refractivity contribution in [2.75, 3.05) is 13.1 Å². The average Bonchev–Trinajstić information content (AvgIpc) is 2.71. The second-order valence-corrected chi connectivity index (χ2v) is 7.51. The van der Waals surface area contributed by atoms with Gasteiger partial charge in [-0.15, -0.1) is 0 Å². The first-order valence-electron chi connectivity index (χ1n) is 9.76. The van der Waals surface area contributed by atoms with Crippen molar-refractivity contribution < 1.29 is 9.94 Å². The van der Waals surface area contributed by atoms with Gasteiger partial charge in [-0.1, -0.05) is 42.4 Å². The molecule has 1 fully saturated rings. The largest absolute Gasteiger partial charge is 0.438 e. The van der Waals surface area contributed by atoms with Crippen molar-refractivity contribution in [1.82, 2.24) is 9.88 Å². The predicted molar refractivity (Wildman–Crippen MR) is 111 cm³/mol. The molecule has 144 valence electrons. The van der Waals surface area contributed by atoms with Crippen molar-refractivity contribution in [3.63, 3.8) is 0 Å². The van der Waals surface area contributed by atoms with Crippen LogP contribution in [0.2, 0.25) is 0 Å². The van der Waals surface area contributed by atoms with Crippen LogP contribution in [0.15, 0.2) is 59.8 Å². The molecule has 2 heterocycles.